The lowest BCUT2D eigenvalue weighted by Gasteiger charge is -2.37. The third-order valence-electron chi connectivity index (χ3n) is 15.8. The van der Waals surface area contributed by atoms with Crippen molar-refractivity contribution in [2.24, 2.45) is 0 Å². The number of amides is 9. The number of aryl methyl sites for hydroxylation is 1. The first-order chi connectivity index (χ1) is 41.3. The van der Waals surface area contributed by atoms with Crippen LogP contribution in [0.25, 0.3) is 22.3 Å². The van der Waals surface area contributed by atoms with Crippen molar-refractivity contribution in [3.63, 3.8) is 0 Å². The molecule has 0 spiro atoms. The van der Waals surface area contributed by atoms with Gasteiger partial charge < -0.3 is 55.9 Å². The molecule has 24 nitrogen and oxygen atoms in total. The van der Waals surface area contributed by atoms with Gasteiger partial charge in [-0.2, -0.15) is 0 Å². The summed E-state index contributed by atoms with van der Waals surface area (Å²) in [6, 6.07) is 16.3. The van der Waals surface area contributed by atoms with E-state index in [0.717, 1.165) is 10.5 Å². The Labute approximate surface area is 492 Å². The molecule has 5 aromatic rings. The fourth-order valence-electron chi connectivity index (χ4n) is 11.2. The van der Waals surface area contributed by atoms with Crippen LogP contribution < -0.4 is 37.5 Å². The number of carbonyl (C=O) groups excluding carboxylic acids is 10. The second kappa shape index (κ2) is 26.5. The lowest BCUT2D eigenvalue weighted by molar-refractivity contribution is -0.172. The summed E-state index contributed by atoms with van der Waals surface area (Å²) >= 11 is 0. The Morgan fingerprint density at radius 1 is 0.814 bits per heavy atom. The molecule has 450 valence electrons. The number of hydrogen-bond donors (Lipinski definition) is 7. The maximum atomic E-state index is 15.5. The molecule has 2 aromatic heterocycles. The number of esters is 1. The fourth-order valence-corrected chi connectivity index (χ4v) is 11.2. The number of likely N-dealkylation sites (N-methyl/N-ethyl adjacent to an activating group) is 1. The van der Waals surface area contributed by atoms with Crippen LogP contribution in [-0.2, 0) is 90.8 Å². The molecule has 0 saturated heterocycles. The minimum Gasteiger partial charge on any atom is -0.458 e. The highest BCUT2D eigenvalue weighted by molar-refractivity contribution is 6.12. The van der Waals surface area contributed by atoms with Crippen molar-refractivity contribution in [1.29, 1.82) is 0 Å². The lowest BCUT2D eigenvalue weighted by Crippen LogP contribution is -2.52. The number of imide groups is 1. The number of hydrogen-bond acceptors (Lipinski definition) is 15. The Balaban J connectivity index is 0.735. The molecule has 0 saturated carbocycles. The van der Waals surface area contributed by atoms with E-state index < -0.39 is 103 Å². The van der Waals surface area contributed by atoms with Crippen LogP contribution in [0, 0.1) is 12.7 Å². The van der Waals surface area contributed by atoms with Crippen molar-refractivity contribution >= 4 is 75.9 Å². The number of aliphatic hydroxyl groups is 1. The van der Waals surface area contributed by atoms with Crippen molar-refractivity contribution in [2.75, 3.05) is 44.6 Å². The predicted molar refractivity (Wildman–Crippen MR) is 306 cm³/mol. The number of nitrogens with zero attached hydrogens (tertiary/aromatic N) is 4. The van der Waals surface area contributed by atoms with Crippen molar-refractivity contribution in [3.8, 4) is 11.4 Å². The number of carbonyl (C=O) groups is 10. The minimum absolute atomic E-state index is 0.0505. The number of aromatic nitrogens is 2. The zero-order valence-electron chi connectivity index (χ0n) is 47.6. The van der Waals surface area contributed by atoms with E-state index in [2.05, 4.69) is 31.9 Å². The lowest BCUT2D eigenvalue weighted by atomic mass is 9.81. The SMILES string of the molecule is CCN(C(=O)CNC(=O)OCc1ccc(NC(=O)CNC(=O)[C@H](Cc2ccccc2)NC(=O)CNC(=O)CNC(=O)CCCCCN2C(=O)C=CC2=O)cc1)[C@H]1CCc2c(C)c(F)cc3nc4c(c1c23)Cn1c-4cc2c(c1=O)COC(=O)[C@]2(O)CC. The van der Waals surface area contributed by atoms with Gasteiger partial charge in [-0.15, -0.1) is 0 Å². The van der Waals surface area contributed by atoms with Gasteiger partial charge in [0.25, 0.3) is 17.4 Å². The number of nitrogens with one attached hydrogen (secondary N) is 6. The first-order valence-corrected chi connectivity index (χ1v) is 28.4. The van der Waals surface area contributed by atoms with Gasteiger partial charge in [-0.05, 0) is 92.0 Å². The van der Waals surface area contributed by atoms with Crippen LogP contribution in [0.2, 0.25) is 0 Å². The van der Waals surface area contributed by atoms with Gasteiger partial charge in [0.2, 0.25) is 35.4 Å². The van der Waals surface area contributed by atoms with Crippen LogP contribution in [0.1, 0.15) is 103 Å². The van der Waals surface area contributed by atoms with Gasteiger partial charge in [-0.1, -0.05) is 55.8 Å². The topological polar surface area (TPSA) is 323 Å². The van der Waals surface area contributed by atoms with Crippen molar-refractivity contribution in [3.05, 3.63) is 140 Å². The third kappa shape index (κ3) is 13.3. The second-order valence-corrected chi connectivity index (χ2v) is 21.3. The first-order valence-electron chi connectivity index (χ1n) is 28.4. The van der Waals surface area contributed by atoms with E-state index in [1.54, 1.807) is 86.3 Å². The number of unbranched alkanes of at least 4 members (excludes halogenated alkanes) is 2. The highest BCUT2D eigenvalue weighted by Crippen LogP contribution is 2.47. The summed E-state index contributed by atoms with van der Waals surface area (Å²) < 4.78 is 27.7. The zero-order valence-corrected chi connectivity index (χ0v) is 47.6. The molecule has 9 amide bonds. The van der Waals surface area contributed by atoms with Crippen molar-refractivity contribution in [1.82, 2.24) is 45.9 Å². The summed E-state index contributed by atoms with van der Waals surface area (Å²) in [7, 11) is 0. The molecule has 0 unspecified atom stereocenters. The highest BCUT2D eigenvalue weighted by Gasteiger charge is 2.46. The Morgan fingerprint density at radius 3 is 2.24 bits per heavy atom. The van der Waals surface area contributed by atoms with Crippen LogP contribution in [-0.4, -0.2) is 129 Å². The molecule has 0 radical (unpaired) electrons. The minimum atomic E-state index is -2.06. The maximum absolute atomic E-state index is 15.5. The quantitative estimate of drug-likeness (QED) is 0.0260. The van der Waals surface area contributed by atoms with E-state index >= 15 is 4.39 Å². The van der Waals surface area contributed by atoms with Gasteiger partial charge in [-0.25, -0.2) is 19.0 Å². The highest BCUT2D eigenvalue weighted by atomic mass is 19.1. The van der Waals surface area contributed by atoms with Crippen LogP contribution >= 0.6 is 0 Å². The molecule has 5 heterocycles. The van der Waals surface area contributed by atoms with Crippen molar-refractivity contribution in [2.45, 2.75) is 110 Å². The molecular formula is C61H65FN10O14. The Hall–Kier alpha value is -9.65. The van der Waals surface area contributed by atoms with Crippen LogP contribution in [0.5, 0.6) is 0 Å². The molecule has 4 aliphatic rings. The van der Waals surface area contributed by atoms with Gasteiger partial charge in [0.1, 0.15) is 31.6 Å². The van der Waals surface area contributed by atoms with Crippen LogP contribution in [0.3, 0.4) is 0 Å². The van der Waals surface area contributed by atoms with E-state index in [4.69, 9.17) is 14.5 Å². The Bertz CT molecular complexity index is 3650. The summed E-state index contributed by atoms with van der Waals surface area (Å²) in [6.07, 6.45) is 4.00. The van der Waals surface area contributed by atoms with Gasteiger partial charge >= 0.3 is 12.1 Å². The number of benzene rings is 3. The molecule has 3 aromatic carbocycles. The molecule has 7 N–H and O–H groups in total. The molecule has 0 fully saturated rings. The van der Waals surface area contributed by atoms with Gasteiger partial charge in [0.15, 0.2) is 5.60 Å². The Kier molecular flexibility index (Phi) is 18.8. The second-order valence-electron chi connectivity index (χ2n) is 21.3. The summed E-state index contributed by atoms with van der Waals surface area (Å²) in [5, 5.41) is 27.3. The standard InChI is InChI=1S/C61H65FN10O14/c1-4-61(84)41-25-46-56-39(31-72(46)58(81)40(41)33-85-59(61)82)55-45(20-19-38-34(3)42(62)26-43(69-56)54(38)55)70(5-2)53(79)30-66-60(83)86-32-36-15-17-37(18-16-36)67-49(75)29-65-57(80)44(24-35-12-8-6-9-13-35)68-50(76)28-64-48(74)27-63-47(73)14-10-7-11-23-71-51(77)21-22-52(71)78/h6,8-9,12-13,15-18,21-22,25-26,44-45,84H,4-5,7,10-11,14,19-20,23-24,27-33H2,1-3H3,(H,63,73)(H,64,74)(H,65,80)(H,66,83)(H,67,75)(H,68,76)/t44-,45-,61-/m0/s1. The number of pyridine rings is 2. The molecule has 86 heavy (non-hydrogen) atoms. The monoisotopic (exact) mass is 1180 g/mol. The van der Waals surface area contributed by atoms with E-state index in [1.165, 1.54) is 22.8 Å². The van der Waals surface area contributed by atoms with E-state index in [9.17, 15) is 57.8 Å². The molecule has 1 aliphatic carbocycles. The number of ether oxygens (including phenoxy) is 2. The van der Waals surface area contributed by atoms with Gasteiger partial charge in [0.05, 0.1) is 54.7 Å². The summed E-state index contributed by atoms with van der Waals surface area (Å²) in [4.78, 5) is 149. The largest absolute Gasteiger partial charge is 0.458 e. The fraction of sp³-hybridized carbons (Fsp3) is 0.377. The first kappa shape index (κ1) is 60.9. The summed E-state index contributed by atoms with van der Waals surface area (Å²) in [5.74, 6) is -5.54. The summed E-state index contributed by atoms with van der Waals surface area (Å²) in [5.41, 5.74) is 2.88. The average Bonchev–Trinajstić information content (AvgIpc) is 1.48. The summed E-state index contributed by atoms with van der Waals surface area (Å²) in [6.45, 7) is 3.26. The zero-order chi connectivity index (χ0) is 61.4. The van der Waals surface area contributed by atoms with Crippen molar-refractivity contribution < 1.29 is 66.9 Å². The molecule has 3 atom stereocenters. The number of anilines is 1. The van der Waals surface area contributed by atoms with E-state index in [1.807, 2.05) is 0 Å². The Morgan fingerprint density at radius 2 is 1.52 bits per heavy atom. The third-order valence-corrected chi connectivity index (χ3v) is 15.8. The smallest absolute Gasteiger partial charge is 0.407 e. The molecule has 9 rings (SSSR count). The number of cyclic esters (lactones) is 1. The number of rotatable bonds is 24. The normalized spacial score (nSPS) is 16.5. The number of fused-ring (bicyclic) bond motifs is 5. The molecule has 25 heteroatoms. The molecule has 3 aliphatic heterocycles. The molecular weight excluding hydrogens is 1120 g/mol. The number of halogens is 1. The van der Waals surface area contributed by atoms with Gasteiger partial charge in [-0.3, -0.25) is 48.1 Å². The van der Waals surface area contributed by atoms with Crippen LogP contribution in [0.4, 0.5) is 14.9 Å². The predicted octanol–water partition coefficient (Wildman–Crippen LogP) is 2.79. The van der Waals surface area contributed by atoms with Gasteiger partial charge in [0, 0.05) is 66.4 Å². The van der Waals surface area contributed by atoms with Crippen LogP contribution in [0.15, 0.2) is 83.7 Å². The number of alkyl carbamates (subject to hydrolysis) is 1. The maximum Gasteiger partial charge on any atom is 0.407 e. The van der Waals surface area contributed by atoms with E-state index in [-0.39, 0.29) is 75.1 Å². The average molecular weight is 1180 g/mol. The molecule has 0 bridgehead atoms. The van der Waals surface area contributed by atoms with E-state index in [0.29, 0.717) is 87.9 Å².